The number of hydrogen-bond donors (Lipinski definition) is 2. The molecule has 1 aromatic rings. The van der Waals surface area contributed by atoms with Gasteiger partial charge in [-0.3, -0.25) is 0 Å². The van der Waals surface area contributed by atoms with Crippen LogP contribution in [-0.2, 0) is 21.5 Å². The van der Waals surface area contributed by atoms with Crippen molar-refractivity contribution in [3.05, 3.63) is 29.8 Å². The number of hydrogen-bond acceptors (Lipinski definition) is 4. The first kappa shape index (κ1) is 12.0. The Bertz CT molecular complexity index is 529. The smallest absolute Gasteiger partial charge is 0.280 e. The quantitative estimate of drug-likeness (QED) is 0.562. The van der Waals surface area contributed by atoms with Crippen LogP contribution in [0.5, 0.6) is 0 Å². The molecule has 0 saturated carbocycles. The Kier molecular flexibility index (Phi) is 3.14. The van der Waals surface area contributed by atoms with Crippen LogP contribution in [0.25, 0.3) is 0 Å². The van der Waals surface area contributed by atoms with Gasteiger partial charge in [-0.1, -0.05) is 12.1 Å². The molecule has 0 aromatic heterocycles. The Morgan fingerprint density at radius 2 is 2.29 bits per heavy atom. The first-order chi connectivity index (χ1) is 8.01. The molecule has 1 fully saturated rings. The van der Waals surface area contributed by atoms with Gasteiger partial charge in [0.05, 0.1) is 6.04 Å². The van der Waals surface area contributed by atoms with Crippen LogP contribution in [0.15, 0.2) is 24.3 Å². The van der Waals surface area contributed by atoms with Gasteiger partial charge in [-0.15, -0.1) is 0 Å². The zero-order valence-corrected chi connectivity index (χ0v) is 9.85. The zero-order valence-electron chi connectivity index (χ0n) is 9.04. The molecule has 1 unspecified atom stereocenters. The molecule has 0 spiro atoms. The van der Waals surface area contributed by atoms with E-state index in [0.717, 1.165) is 5.56 Å². The van der Waals surface area contributed by atoms with E-state index in [2.05, 4.69) is 4.72 Å². The highest BCUT2D eigenvalue weighted by Crippen LogP contribution is 2.15. The van der Waals surface area contributed by atoms with E-state index in [1.165, 1.54) is 4.31 Å². The Morgan fingerprint density at radius 3 is 2.88 bits per heavy atom. The molecule has 1 saturated heterocycles. The van der Waals surface area contributed by atoms with Crippen LogP contribution in [0.4, 0.5) is 5.69 Å². The minimum absolute atomic E-state index is 0.153. The lowest BCUT2D eigenvalue weighted by molar-refractivity contribution is -0.109. The monoisotopic (exact) mass is 255 g/mol. The molecule has 1 atom stereocenters. The fourth-order valence-electron chi connectivity index (χ4n) is 1.74. The van der Waals surface area contributed by atoms with E-state index in [4.69, 9.17) is 5.73 Å². The summed E-state index contributed by atoms with van der Waals surface area (Å²) in [6.45, 7) is 0.366. The third-order valence-electron chi connectivity index (χ3n) is 2.51. The average molecular weight is 255 g/mol. The summed E-state index contributed by atoms with van der Waals surface area (Å²) >= 11 is 0. The number of carbonyl (C=O) groups excluding carboxylic acids is 1. The van der Waals surface area contributed by atoms with Crippen LogP contribution >= 0.6 is 0 Å². The van der Waals surface area contributed by atoms with Gasteiger partial charge in [0.15, 0.2) is 0 Å². The molecule has 0 amide bonds. The standard InChI is InChI=1S/C10H13N3O3S/c11-9-3-1-2-8(4-9)5-13-6-10(7-14)12-17(13,15)16/h1-4,7,10,12H,5-6,11H2. The van der Waals surface area contributed by atoms with E-state index < -0.39 is 16.3 Å². The Hall–Kier alpha value is -1.44. The molecule has 0 bridgehead atoms. The molecule has 92 valence electrons. The van der Waals surface area contributed by atoms with Gasteiger partial charge >= 0.3 is 0 Å². The van der Waals surface area contributed by atoms with Crippen molar-refractivity contribution in [2.24, 2.45) is 0 Å². The van der Waals surface area contributed by atoms with E-state index in [1.54, 1.807) is 24.3 Å². The topological polar surface area (TPSA) is 92.5 Å². The van der Waals surface area contributed by atoms with Crippen molar-refractivity contribution in [2.45, 2.75) is 12.6 Å². The number of anilines is 1. The number of aldehydes is 1. The van der Waals surface area contributed by atoms with Gasteiger partial charge in [0, 0.05) is 18.8 Å². The summed E-state index contributed by atoms with van der Waals surface area (Å²) in [4.78, 5) is 10.6. The summed E-state index contributed by atoms with van der Waals surface area (Å²) in [6.07, 6.45) is 0.594. The first-order valence-corrected chi connectivity index (χ1v) is 6.52. The van der Waals surface area contributed by atoms with Gasteiger partial charge in [-0.05, 0) is 17.7 Å². The molecule has 17 heavy (non-hydrogen) atoms. The number of benzene rings is 1. The molecule has 1 heterocycles. The summed E-state index contributed by atoms with van der Waals surface area (Å²) in [5, 5.41) is 0. The summed E-state index contributed by atoms with van der Waals surface area (Å²) in [6, 6.07) is 6.33. The molecular formula is C10H13N3O3S. The number of carbonyl (C=O) groups is 1. The lowest BCUT2D eigenvalue weighted by Gasteiger charge is -2.13. The molecule has 0 aliphatic carbocycles. The van der Waals surface area contributed by atoms with Gasteiger partial charge in [0.25, 0.3) is 10.2 Å². The van der Waals surface area contributed by atoms with Crippen molar-refractivity contribution in [3.63, 3.8) is 0 Å². The highest BCUT2D eigenvalue weighted by atomic mass is 32.2. The Morgan fingerprint density at radius 1 is 1.53 bits per heavy atom. The maximum Gasteiger partial charge on any atom is 0.280 e. The number of rotatable bonds is 3. The van der Waals surface area contributed by atoms with Crippen molar-refractivity contribution < 1.29 is 13.2 Å². The second kappa shape index (κ2) is 4.44. The van der Waals surface area contributed by atoms with Crippen molar-refractivity contribution in [1.82, 2.24) is 9.03 Å². The van der Waals surface area contributed by atoms with Crippen LogP contribution in [0.3, 0.4) is 0 Å². The summed E-state index contributed by atoms with van der Waals surface area (Å²) in [7, 11) is -3.55. The summed E-state index contributed by atoms with van der Waals surface area (Å²) in [5.74, 6) is 0. The second-order valence-electron chi connectivity index (χ2n) is 3.90. The second-order valence-corrected chi connectivity index (χ2v) is 5.61. The third-order valence-corrected chi connectivity index (χ3v) is 4.07. The zero-order chi connectivity index (χ0) is 12.5. The largest absolute Gasteiger partial charge is 0.399 e. The van der Waals surface area contributed by atoms with E-state index in [1.807, 2.05) is 0 Å². The lowest BCUT2D eigenvalue weighted by Crippen LogP contribution is -2.30. The number of nitrogens with one attached hydrogen (secondary N) is 1. The van der Waals surface area contributed by atoms with Crippen molar-refractivity contribution in [3.8, 4) is 0 Å². The lowest BCUT2D eigenvalue weighted by atomic mass is 10.2. The number of nitrogens with zero attached hydrogens (tertiary/aromatic N) is 1. The van der Waals surface area contributed by atoms with Gasteiger partial charge in [-0.25, -0.2) is 0 Å². The SMILES string of the molecule is Nc1cccc(CN2CC(C=O)NS2(=O)=O)c1. The van der Waals surface area contributed by atoms with Crippen LogP contribution in [-0.4, -0.2) is 31.6 Å². The van der Waals surface area contributed by atoms with Crippen molar-refractivity contribution in [2.75, 3.05) is 12.3 Å². The normalized spacial score (nSPS) is 23.6. The minimum atomic E-state index is -3.55. The third kappa shape index (κ3) is 2.63. The van der Waals surface area contributed by atoms with Crippen molar-refractivity contribution in [1.29, 1.82) is 0 Å². The fraction of sp³-hybridized carbons (Fsp3) is 0.300. The molecule has 6 nitrogen and oxygen atoms in total. The first-order valence-electron chi connectivity index (χ1n) is 5.08. The number of nitrogen functional groups attached to an aromatic ring is 1. The highest BCUT2D eigenvalue weighted by Gasteiger charge is 2.34. The Labute approximate surface area is 99.6 Å². The molecule has 1 aliphatic rings. The average Bonchev–Trinajstić information content (AvgIpc) is 2.54. The van der Waals surface area contributed by atoms with E-state index in [9.17, 15) is 13.2 Å². The van der Waals surface area contributed by atoms with E-state index in [0.29, 0.717) is 12.0 Å². The number of nitrogens with two attached hydrogens (primary N) is 1. The van der Waals surface area contributed by atoms with Crippen molar-refractivity contribution >= 4 is 22.2 Å². The highest BCUT2D eigenvalue weighted by molar-refractivity contribution is 7.87. The molecule has 2 rings (SSSR count). The van der Waals surface area contributed by atoms with Gasteiger partial charge < -0.3 is 10.5 Å². The van der Waals surface area contributed by atoms with Gasteiger partial charge in [0.1, 0.15) is 6.29 Å². The fourth-order valence-corrected chi connectivity index (χ4v) is 3.07. The molecule has 7 heteroatoms. The van der Waals surface area contributed by atoms with Crippen LogP contribution in [0, 0.1) is 0 Å². The molecule has 0 radical (unpaired) electrons. The summed E-state index contributed by atoms with van der Waals surface area (Å²) < 4.78 is 26.8. The molecule has 1 aliphatic heterocycles. The van der Waals surface area contributed by atoms with Gasteiger partial charge in [-0.2, -0.15) is 17.4 Å². The molecule has 1 aromatic carbocycles. The van der Waals surface area contributed by atoms with E-state index >= 15 is 0 Å². The Balaban J connectivity index is 2.17. The molecular weight excluding hydrogens is 242 g/mol. The minimum Gasteiger partial charge on any atom is -0.399 e. The molecule has 3 N–H and O–H groups in total. The predicted molar refractivity (Wildman–Crippen MR) is 63.2 cm³/mol. The maximum atomic E-state index is 11.6. The van der Waals surface area contributed by atoms with Crippen LogP contribution in [0.2, 0.25) is 0 Å². The van der Waals surface area contributed by atoms with E-state index in [-0.39, 0.29) is 13.1 Å². The predicted octanol–water partition coefficient (Wildman–Crippen LogP) is -0.514. The maximum absolute atomic E-state index is 11.6. The van der Waals surface area contributed by atoms with Crippen LogP contribution in [0.1, 0.15) is 5.56 Å². The van der Waals surface area contributed by atoms with Gasteiger partial charge in [0.2, 0.25) is 0 Å². The summed E-state index contributed by atoms with van der Waals surface area (Å²) in [5.41, 5.74) is 6.99. The van der Waals surface area contributed by atoms with Crippen LogP contribution < -0.4 is 10.5 Å².